The predicted molar refractivity (Wildman–Crippen MR) is 116 cm³/mol. The molecule has 0 bridgehead atoms. The van der Waals surface area contributed by atoms with Crippen molar-refractivity contribution in [1.29, 1.82) is 0 Å². The standard InChI is InChI=1S/C25H29FO5/c1-16(2)11-24(27)30-15-21-19(12-17-5-10-22(28-3)23(13-17)29-4)14-31-25(21)18-6-8-20(26)9-7-18/h5-11,13,19,21,25H,12,14-15H2,1-4H3/t19-,21-,25+/m0/s1. The Hall–Kier alpha value is -2.86. The molecule has 0 unspecified atom stereocenters. The van der Waals surface area contributed by atoms with Gasteiger partial charge in [0, 0.05) is 12.0 Å². The molecule has 2 aromatic rings. The average Bonchev–Trinajstić information content (AvgIpc) is 3.14. The van der Waals surface area contributed by atoms with Gasteiger partial charge in [-0.3, -0.25) is 0 Å². The first-order chi connectivity index (χ1) is 14.9. The fourth-order valence-corrected chi connectivity index (χ4v) is 3.92. The van der Waals surface area contributed by atoms with Crippen LogP contribution in [0.1, 0.15) is 31.1 Å². The lowest BCUT2D eigenvalue weighted by Gasteiger charge is -2.23. The van der Waals surface area contributed by atoms with Gasteiger partial charge in [-0.15, -0.1) is 0 Å². The summed E-state index contributed by atoms with van der Waals surface area (Å²) in [6.45, 7) is 4.44. The molecule has 166 valence electrons. The van der Waals surface area contributed by atoms with E-state index in [1.165, 1.54) is 18.2 Å². The van der Waals surface area contributed by atoms with Crippen LogP contribution < -0.4 is 9.47 Å². The number of ether oxygens (including phenoxy) is 4. The van der Waals surface area contributed by atoms with Gasteiger partial charge in [0.15, 0.2) is 11.5 Å². The number of carbonyl (C=O) groups excluding carboxylic acids is 1. The van der Waals surface area contributed by atoms with Gasteiger partial charge >= 0.3 is 5.97 Å². The Morgan fingerprint density at radius 3 is 2.45 bits per heavy atom. The third-order valence-corrected chi connectivity index (χ3v) is 5.45. The smallest absolute Gasteiger partial charge is 0.330 e. The number of esters is 1. The zero-order valence-electron chi connectivity index (χ0n) is 18.4. The SMILES string of the molecule is COc1ccc(C[C@H]2CO[C@H](c3ccc(F)cc3)[C@H]2COC(=O)C=C(C)C)cc1OC. The molecule has 0 N–H and O–H groups in total. The largest absolute Gasteiger partial charge is 0.493 e. The number of benzene rings is 2. The van der Waals surface area contributed by atoms with Crippen LogP contribution in [0, 0.1) is 17.7 Å². The number of allylic oxidation sites excluding steroid dienone is 1. The van der Waals surface area contributed by atoms with Crippen LogP contribution in [0.4, 0.5) is 4.39 Å². The van der Waals surface area contributed by atoms with E-state index in [0.29, 0.717) is 18.1 Å². The van der Waals surface area contributed by atoms with Crippen LogP contribution in [0.3, 0.4) is 0 Å². The number of rotatable bonds is 8. The highest BCUT2D eigenvalue weighted by atomic mass is 19.1. The summed E-state index contributed by atoms with van der Waals surface area (Å²) >= 11 is 0. The molecule has 1 heterocycles. The fourth-order valence-electron chi connectivity index (χ4n) is 3.92. The van der Waals surface area contributed by atoms with E-state index in [9.17, 15) is 9.18 Å². The highest BCUT2D eigenvalue weighted by Crippen LogP contribution is 2.41. The molecule has 1 aliphatic rings. The van der Waals surface area contributed by atoms with E-state index in [-0.39, 0.29) is 36.3 Å². The second-order valence-corrected chi connectivity index (χ2v) is 7.97. The molecule has 0 aromatic heterocycles. The Bertz CT molecular complexity index is 918. The molecular weight excluding hydrogens is 399 g/mol. The van der Waals surface area contributed by atoms with E-state index in [2.05, 4.69) is 0 Å². The summed E-state index contributed by atoms with van der Waals surface area (Å²) in [5.74, 6) is 0.733. The summed E-state index contributed by atoms with van der Waals surface area (Å²) < 4.78 is 35.8. The van der Waals surface area contributed by atoms with E-state index < -0.39 is 0 Å². The topological polar surface area (TPSA) is 54.0 Å². The number of hydrogen-bond donors (Lipinski definition) is 0. The Labute approximate surface area is 182 Å². The molecule has 0 spiro atoms. The molecule has 3 atom stereocenters. The van der Waals surface area contributed by atoms with Crippen molar-refractivity contribution in [3.8, 4) is 11.5 Å². The molecule has 6 heteroatoms. The Kier molecular flexibility index (Phi) is 7.69. The van der Waals surface area contributed by atoms with E-state index in [1.54, 1.807) is 26.4 Å². The number of carbonyl (C=O) groups is 1. The number of halogens is 1. The molecule has 5 nitrogen and oxygen atoms in total. The third-order valence-electron chi connectivity index (χ3n) is 5.45. The molecular formula is C25H29FO5. The number of hydrogen-bond acceptors (Lipinski definition) is 5. The van der Waals surface area contributed by atoms with Gasteiger partial charge in [-0.1, -0.05) is 23.8 Å². The normalized spacial score (nSPS) is 20.2. The summed E-state index contributed by atoms with van der Waals surface area (Å²) in [7, 11) is 3.21. The lowest BCUT2D eigenvalue weighted by atomic mass is 9.84. The second kappa shape index (κ2) is 10.4. The van der Waals surface area contributed by atoms with Crippen LogP contribution in [0.2, 0.25) is 0 Å². The lowest BCUT2D eigenvalue weighted by Crippen LogP contribution is -2.24. The van der Waals surface area contributed by atoms with Crippen molar-refractivity contribution in [2.75, 3.05) is 27.4 Å². The van der Waals surface area contributed by atoms with Gasteiger partial charge in [-0.05, 0) is 61.6 Å². The molecule has 0 saturated carbocycles. The Morgan fingerprint density at radius 2 is 1.81 bits per heavy atom. The van der Waals surface area contributed by atoms with E-state index >= 15 is 0 Å². The first kappa shape index (κ1) is 22.8. The third kappa shape index (κ3) is 5.85. The van der Waals surface area contributed by atoms with Gasteiger partial charge < -0.3 is 18.9 Å². The Balaban J connectivity index is 1.81. The molecule has 0 amide bonds. The second-order valence-electron chi connectivity index (χ2n) is 7.97. The summed E-state index contributed by atoms with van der Waals surface area (Å²) in [6.07, 6.45) is 1.93. The molecule has 1 aliphatic heterocycles. The predicted octanol–water partition coefficient (Wildman–Crippen LogP) is 4.90. The van der Waals surface area contributed by atoms with Crippen LogP contribution in [0.25, 0.3) is 0 Å². The molecule has 31 heavy (non-hydrogen) atoms. The molecule has 1 fully saturated rings. The van der Waals surface area contributed by atoms with Crippen molar-refractivity contribution in [3.63, 3.8) is 0 Å². The molecule has 0 radical (unpaired) electrons. The van der Waals surface area contributed by atoms with Crippen molar-refractivity contribution in [2.24, 2.45) is 11.8 Å². The van der Waals surface area contributed by atoms with Gasteiger partial charge in [-0.25, -0.2) is 9.18 Å². The summed E-state index contributed by atoms with van der Waals surface area (Å²) in [5, 5.41) is 0. The van der Waals surface area contributed by atoms with Crippen molar-refractivity contribution < 1.29 is 28.1 Å². The zero-order valence-corrected chi connectivity index (χ0v) is 18.4. The monoisotopic (exact) mass is 428 g/mol. The molecule has 2 aromatic carbocycles. The zero-order chi connectivity index (χ0) is 22.4. The fraction of sp³-hybridized carbons (Fsp3) is 0.400. The van der Waals surface area contributed by atoms with E-state index in [0.717, 1.165) is 23.1 Å². The van der Waals surface area contributed by atoms with Gasteiger partial charge in [0.1, 0.15) is 5.82 Å². The van der Waals surface area contributed by atoms with Crippen molar-refractivity contribution in [3.05, 3.63) is 71.1 Å². The maximum atomic E-state index is 13.4. The molecule has 0 aliphatic carbocycles. The maximum Gasteiger partial charge on any atom is 0.330 e. The Morgan fingerprint density at radius 1 is 1.10 bits per heavy atom. The van der Waals surface area contributed by atoms with Crippen LogP contribution in [-0.4, -0.2) is 33.4 Å². The highest BCUT2D eigenvalue weighted by molar-refractivity contribution is 5.82. The van der Waals surface area contributed by atoms with Crippen LogP contribution in [0.5, 0.6) is 11.5 Å². The van der Waals surface area contributed by atoms with Gasteiger partial charge in [0.2, 0.25) is 0 Å². The average molecular weight is 429 g/mol. The minimum absolute atomic E-state index is 0.0620. The van der Waals surface area contributed by atoms with Crippen molar-refractivity contribution >= 4 is 5.97 Å². The van der Waals surface area contributed by atoms with Crippen LogP contribution in [0.15, 0.2) is 54.1 Å². The number of methoxy groups -OCH3 is 2. The lowest BCUT2D eigenvalue weighted by molar-refractivity contribution is -0.140. The first-order valence-electron chi connectivity index (χ1n) is 10.3. The molecule has 3 rings (SSSR count). The van der Waals surface area contributed by atoms with E-state index in [4.69, 9.17) is 18.9 Å². The minimum atomic E-state index is -0.366. The van der Waals surface area contributed by atoms with E-state index in [1.807, 2.05) is 32.0 Å². The minimum Gasteiger partial charge on any atom is -0.493 e. The summed E-state index contributed by atoms with van der Waals surface area (Å²) in [4.78, 5) is 12.1. The maximum absolute atomic E-state index is 13.4. The quantitative estimate of drug-likeness (QED) is 0.442. The van der Waals surface area contributed by atoms with Crippen LogP contribution in [-0.2, 0) is 20.7 Å². The van der Waals surface area contributed by atoms with Crippen molar-refractivity contribution in [1.82, 2.24) is 0 Å². The van der Waals surface area contributed by atoms with Gasteiger partial charge in [-0.2, -0.15) is 0 Å². The first-order valence-corrected chi connectivity index (χ1v) is 10.3. The molecule has 1 saturated heterocycles. The van der Waals surface area contributed by atoms with Gasteiger partial charge in [0.25, 0.3) is 0 Å². The van der Waals surface area contributed by atoms with Crippen molar-refractivity contribution in [2.45, 2.75) is 26.4 Å². The van der Waals surface area contributed by atoms with Crippen LogP contribution >= 0.6 is 0 Å². The highest BCUT2D eigenvalue weighted by Gasteiger charge is 2.39. The van der Waals surface area contributed by atoms with Gasteiger partial charge in [0.05, 0.1) is 33.5 Å². The summed E-state index contributed by atoms with van der Waals surface area (Å²) in [5.41, 5.74) is 2.83. The summed E-state index contributed by atoms with van der Waals surface area (Å²) in [6, 6.07) is 12.1.